The number of carboxylic acid groups (broad SMARTS) is 1. The molecular formula is C15H9BrF3N3O3. The number of nitrogens with zero attached hydrogens (tertiary/aromatic N) is 3. The molecule has 10 heteroatoms. The van der Waals surface area contributed by atoms with E-state index in [0.29, 0.717) is 15.8 Å². The number of alkyl halides is 3. The Morgan fingerprint density at radius 2 is 1.92 bits per heavy atom. The summed E-state index contributed by atoms with van der Waals surface area (Å²) in [6, 6.07) is 7.10. The predicted molar refractivity (Wildman–Crippen MR) is 84.6 cm³/mol. The quantitative estimate of drug-likeness (QED) is 0.702. The molecule has 2 heterocycles. The minimum absolute atomic E-state index is 0.0278. The van der Waals surface area contributed by atoms with Crippen LogP contribution in [0, 0.1) is 0 Å². The molecule has 6 nitrogen and oxygen atoms in total. The van der Waals surface area contributed by atoms with Crippen molar-refractivity contribution >= 4 is 27.5 Å². The zero-order valence-corrected chi connectivity index (χ0v) is 14.1. The van der Waals surface area contributed by atoms with E-state index >= 15 is 0 Å². The van der Waals surface area contributed by atoms with Crippen molar-refractivity contribution in [3.8, 4) is 17.0 Å². The molecule has 0 saturated carbocycles. The number of fused-ring (bicyclic) bond motifs is 1. The van der Waals surface area contributed by atoms with Crippen LogP contribution >= 0.6 is 15.9 Å². The molecule has 0 saturated heterocycles. The molecule has 1 N–H and O–H groups in total. The zero-order chi connectivity index (χ0) is 18.4. The summed E-state index contributed by atoms with van der Waals surface area (Å²) in [5, 5.41) is 12.6. The Hall–Kier alpha value is -2.62. The number of hydrogen-bond donors (Lipinski definition) is 1. The molecule has 25 heavy (non-hydrogen) atoms. The first-order valence-electron chi connectivity index (χ1n) is 6.76. The van der Waals surface area contributed by atoms with E-state index in [0.717, 1.165) is 6.07 Å². The van der Waals surface area contributed by atoms with E-state index in [-0.39, 0.29) is 15.8 Å². The minimum atomic E-state index is -4.75. The average Bonchev–Trinajstić information content (AvgIpc) is 2.90. The number of rotatable bonds is 3. The van der Waals surface area contributed by atoms with E-state index in [2.05, 4.69) is 26.0 Å². The van der Waals surface area contributed by atoms with Crippen LogP contribution in [0.25, 0.3) is 16.9 Å². The van der Waals surface area contributed by atoms with Gasteiger partial charge in [-0.1, -0.05) is 0 Å². The maximum Gasteiger partial charge on any atom is 0.433 e. The molecule has 2 aromatic heterocycles. The smallest absolute Gasteiger partial charge is 0.433 e. The van der Waals surface area contributed by atoms with E-state index in [4.69, 9.17) is 9.84 Å². The van der Waals surface area contributed by atoms with Crippen molar-refractivity contribution in [2.24, 2.45) is 0 Å². The highest BCUT2D eigenvalue weighted by molar-refractivity contribution is 9.10. The van der Waals surface area contributed by atoms with Gasteiger partial charge in [0.15, 0.2) is 17.0 Å². The second-order valence-corrected chi connectivity index (χ2v) is 5.75. The number of aromatic nitrogens is 3. The average molecular weight is 416 g/mol. The Labute approximate surface area is 147 Å². The highest BCUT2D eigenvalue weighted by Gasteiger charge is 2.36. The Morgan fingerprint density at radius 1 is 1.28 bits per heavy atom. The molecular weight excluding hydrogens is 407 g/mol. The van der Waals surface area contributed by atoms with Crippen molar-refractivity contribution in [3.05, 3.63) is 46.2 Å². The van der Waals surface area contributed by atoms with Gasteiger partial charge in [0.1, 0.15) is 5.75 Å². The van der Waals surface area contributed by atoms with Crippen molar-refractivity contribution in [2.75, 3.05) is 7.11 Å². The molecule has 0 spiro atoms. The summed E-state index contributed by atoms with van der Waals surface area (Å²) in [4.78, 5) is 15.3. The number of methoxy groups -OCH3 is 1. The number of halogens is 4. The second kappa shape index (κ2) is 6.03. The first-order chi connectivity index (χ1) is 11.7. The number of carbonyl (C=O) groups is 1. The van der Waals surface area contributed by atoms with Crippen LogP contribution in [0.5, 0.6) is 5.75 Å². The summed E-state index contributed by atoms with van der Waals surface area (Å²) in [6.45, 7) is 0. The van der Waals surface area contributed by atoms with E-state index in [9.17, 15) is 18.0 Å². The predicted octanol–water partition coefficient (Wildman–Crippen LogP) is 3.88. The van der Waals surface area contributed by atoms with E-state index < -0.39 is 23.5 Å². The summed E-state index contributed by atoms with van der Waals surface area (Å²) < 4.78 is 45.6. The van der Waals surface area contributed by atoms with Crippen LogP contribution in [0.2, 0.25) is 0 Å². The van der Waals surface area contributed by atoms with Gasteiger partial charge in [0.2, 0.25) is 0 Å². The summed E-state index contributed by atoms with van der Waals surface area (Å²) in [7, 11) is 1.47. The largest absolute Gasteiger partial charge is 0.497 e. The maximum atomic E-state index is 13.4. The summed E-state index contributed by atoms with van der Waals surface area (Å²) in [6.07, 6.45) is -4.75. The van der Waals surface area contributed by atoms with Gasteiger partial charge >= 0.3 is 12.1 Å². The lowest BCUT2D eigenvalue weighted by Crippen LogP contribution is -2.14. The monoisotopic (exact) mass is 415 g/mol. The highest BCUT2D eigenvalue weighted by Crippen LogP contribution is 2.34. The first-order valence-corrected chi connectivity index (χ1v) is 7.56. The van der Waals surface area contributed by atoms with Gasteiger partial charge < -0.3 is 9.84 Å². The summed E-state index contributed by atoms with van der Waals surface area (Å²) in [5.41, 5.74) is -1.47. The van der Waals surface area contributed by atoms with Crippen molar-refractivity contribution in [1.82, 2.24) is 14.6 Å². The van der Waals surface area contributed by atoms with Gasteiger partial charge in [-0.05, 0) is 46.3 Å². The van der Waals surface area contributed by atoms with Crippen molar-refractivity contribution in [2.45, 2.75) is 6.18 Å². The molecule has 3 rings (SSSR count). The van der Waals surface area contributed by atoms with Gasteiger partial charge in [-0.2, -0.15) is 18.3 Å². The van der Waals surface area contributed by atoms with Crippen molar-refractivity contribution in [3.63, 3.8) is 0 Å². The third-order valence-electron chi connectivity index (χ3n) is 3.41. The van der Waals surface area contributed by atoms with Crippen LogP contribution in [0.4, 0.5) is 13.2 Å². The number of aromatic carboxylic acids is 1. The fourth-order valence-corrected chi connectivity index (χ4v) is 2.75. The summed E-state index contributed by atoms with van der Waals surface area (Å²) in [5.74, 6) is -0.920. The van der Waals surface area contributed by atoms with Gasteiger partial charge in [0.25, 0.3) is 0 Å². The lowest BCUT2D eigenvalue weighted by Gasteiger charge is -2.11. The lowest BCUT2D eigenvalue weighted by molar-refractivity contribution is -0.142. The van der Waals surface area contributed by atoms with Gasteiger partial charge in [-0.25, -0.2) is 14.3 Å². The second-order valence-electron chi connectivity index (χ2n) is 4.96. The van der Waals surface area contributed by atoms with Crippen LogP contribution in [0.1, 0.15) is 16.2 Å². The van der Waals surface area contributed by atoms with Crippen LogP contribution < -0.4 is 4.74 Å². The van der Waals surface area contributed by atoms with E-state index in [1.165, 1.54) is 7.11 Å². The summed E-state index contributed by atoms with van der Waals surface area (Å²) >= 11 is 2.97. The molecule has 0 aliphatic rings. The molecule has 0 aliphatic heterocycles. The number of ether oxygens (including phenoxy) is 1. The Bertz CT molecular complexity index is 968. The zero-order valence-electron chi connectivity index (χ0n) is 12.5. The molecule has 1 aromatic carbocycles. The molecule has 130 valence electrons. The normalized spacial score (nSPS) is 11.7. The van der Waals surface area contributed by atoms with Crippen LogP contribution in [-0.2, 0) is 6.18 Å². The van der Waals surface area contributed by atoms with Gasteiger partial charge in [-0.3, -0.25) is 0 Å². The number of carboxylic acids is 1. The molecule has 0 unspecified atom stereocenters. The lowest BCUT2D eigenvalue weighted by atomic mass is 10.1. The highest BCUT2D eigenvalue weighted by atomic mass is 79.9. The molecule has 0 amide bonds. The molecule has 3 aromatic rings. The topological polar surface area (TPSA) is 76.7 Å². The van der Waals surface area contributed by atoms with E-state index in [1.54, 1.807) is 24.3 Å². The number of hydrogen-bond acceptors (Lipinski definition) is 4. The number of benzene rings is 1. The van der Waals surface area contributed by atoms with Crippen molar-refractivity contribution < 1.29 is 27.8 Å². The van der Waals surface area contributed by atoms with Gasteiger partial charge in [-0.15, -0.1) is 0 Å². The van der Waals surface area contributed by atoms with Crippen LogP contribution in [0.15, 0.2) is 34.8 Å². The van der Waals surface area contributed by atoms with Gasteiger partial charge in [0, 0.05) is 5.56 Å². The molecule has 0 fully saturated rings. The van der Waals surface area contributed by atoms with Crippen LogP contribution in [-0.4, -0.2) is 32.8 Å². The Kier molecular flexibility index (Phi) is 4.15. The maximum absolute atomic E-state index is 13.4. The first kappa shape index (κ1) is 17.2. The minimum Gasteiger partial charge on any atom is -0.497 e. The van der Waals surface area contributed by atoms with Crippen LogP contribution in [0.3, 0.4) is 0 Å². The molecule has 0 radical (unpaired) electrons. The van der Waals surface area contributed by atoms with Gasteiger partial charge in [0.05, 0.1) is 17.3 Å². The fraction of sp³-hybridized carbons (Fsp3) is 0.133. The fourth-order valence-electron chi connectivity index (χ4n) is 2.24. The Morgan fingerprint density at radius 3 is 2.44 bits per heavy atom. The van der Waals surface area contributed by atoms with E-state index in [1.807, 2.05) is 0 Å². The Balaban J connectivity index is 2.30. The molecule has 0 bridgehead atoms. The third-order valence-corrected chi connectivity index (χ3v) is 4.14. The molecule has 0 aliphatic carbocycles. The standard InChI is InChI=1S/C15H9BrF3N3O3/c1-25-8-4-2-7(3-5-8)9-6-10(15(17,18)19)22-13(20-9)11(16)12(21-22)14(23)24/h2-6H,1H3,(H,23,24). The van der Waals surface area contributed by atoms with Crippen molar-refractivity contribution in [1.29, 1.82) is 0 Å². The SMILES string of the molecule is COc1ccc(-c2cc(C(F)(F)F)n3nc(C(=O)O)c(Br)c3n2)cc1. The third kappa shape index (κ3) is 3.04. The molecule has 0 atom stereocenters.